The third kappa shape index (κ3) is 5.98. The second kappa shape index (κ2) is 10.3. The number of furan rings is 1. The van der Waals surface area contributed by atoms with E-state index in [-0.39, 0.29) is 28.5 Å². The number of sulfone groups is 1. The molecule has 33 heavy (non-hydrogen) atoms. The zero-order valence-corrected chi connectivity index (χ0v) is 18.8. The minimum atomic E-state index is -3.71. The lowest BCUT2D eigenvalue weighted by Gasteiger charge is -2.17. The van der Waals surface area contributed by atoms with Gasteiger partial charge in [-0.1, -0.05) is 24.3 Å². The Morgan fingerprint density at radius 2 is 1.82 bits per heavy atom. The minimum absolute atomic E-state index is 0.0820. The molecule has 1 amide bonds. The van der Waals surface area contributed by atoms with Crippen LogP contribution in [0.5, 0.6) is 5.75 Å². The zero-order valence-electron chi connectivity index (χ0n) is 18.0. The van der Waals surface area contributed by atoms with Gasteiger partial charge in [0.15, 0.2) is 28.0 Å². The van der Waals surface area contributed by atoms with Crippen molar-refractivity contribution in [3.63, 3.8) is 0 Å². The van der Waals surface area contributed by atoms with Crippen molar-refractivity contribution in [1.82, 2.24) is 4.90 Å². The highest BCUT2D eigenvalue weighted by molar-refractivity contribution is 7.90. The van der Waals surface area contributed by atoms with Gasteiger partial charge >= 0.3 is 5.97 Å². The Bertz CT molecular complexity index is 1240. The van der Waals surface area contributed by atoms with Crippen LogP contribution in [0.2, 0.25) is 0 Å². The van der Waals surface area contributed by atoms with E-state index in [4.69, 9.17) is 13.9 Å². The number of nitrogens with zero attached hydrogens (tertiary/aromatic N) is 1. The number of halogens is 1. The van der Waals surface area contributed by atoms with Crippen LogP contribution in [0, 0.1) is 5.82 Å². The van der Waals surface area contributed by atoms with Gasteiger partial charge in [0, 0.05) is 19.2 Å². The minimum Gasteiger partial charge on any atom is -0.494 e. The lowest BCUT2D eigenvalue weighted by atomic mass is 10.2. The molecule has 0 N–H and O–H groups in total. The molecule has 3 rings (SSSR count). The number of amides is 1. The van der Waals surface area contributed by atoms with Gasteiger partial charge in [0.1, 0.15) is 0 Å². The van der Waals surface area contributed by atoms with Crippen LogP contribution >= 0.6 is 0 Å². The van der Waals surface area contributed by atoms with Gasteiger partial charge in [-0.3, -0.25) is 4.79 Å². The van der Waals surface area contributed by atoms with E-state index in [1.165, 1.54) is 55.7 Å². The van der Waals surface area contributed by atoms with E-state index in [9.17, 15) is 22.4 Å². The lowest BCUT2D eigenvalue weighted by molar-refractivity contribution is -0.133. The number of benzene rings is 2. The SMILES string of the molecule is COc1ccc(CN(C)C(=O)COC(=O)c2occc2CS(=O)(=O)c2ccccc2)cc1F. The summed E-state index contributed by atoms with van der Waals surface area (Å²) in [5, 5.41) is 0. The third-order valence-electron chi connectivity index (χ3n) is 4.77. The normalized spacial score (nSPS) is 11.1. The highest BCUT2D eigenvalue weighted by Crippen LogP contribution is 2.21. The first kappa shape index (κ1) is 24.0. The molecule has 0 unspecified atom stereocenters. The maximum atomic E-state index is 13.8. The van der Waals surface area contributed by atoms with Crippen molar-refractivity contribution in [1.29, 1.82) is 0 Å². The van der Waals surface area contributed by atoms with Crippen molar-refractivity contribution in [3.05, 3.63) is 83.6 Å². The largest absolute Gasteiger partial charge is 0.494 e. The Balaban J connectivity index is 1.59. The van der Waals surface area contributed by atoms with Gasteiger partial charge in [0.05, 0.1) is 24.0 Å². The quantitative estimate of drug-likeness (QED) is 0.438. The molecule has 0 atom stereocenters. The smallest absolute Gasteiger partial charge is 0.375 e. The molecule has 0 radical (unpaired) electrons. The van der Waals surface area contributed by atoms with E-state index in [1.807, 2.05) is 0 Å². The topological polar surface area (TPSA) is 103 Å². The Kier molecular flexibility index (Phi) is 7.49. The molecule has 174 valence electrons. The van der Waals surface area contributed by atoms with Crippen LogP contribution in [0.1, 0.15) is 21.7 Å². The summed E-state index contributed by atoms with van der Waals surface area (Å²) >= 11 is 0. The fourth-order valence-electron chi connectivity index (χ4n) is 3.02. The van der Waals surface area contributed by atoms with E-state index < -0.39 is 39.9 Å². The number of methoxy groups -OCH3 is 1. The fraction of sp³-hybridized carbons (Fsp3) is 0.217. The molecular formula is C23H22FNO7S. The van der Waals surface area contributed by atoms with Crippen LogP contribution in [0.15, 0.2) is 70.2 Å². The number of ether oxygens (including phenoxy) is 2. The summed E-state index contributed by atoms with van der Waals surface area (Å²) in [5.41, 5.74) is 0.647. The summed E-state index contributed by atoms with van der Waals surface area (Å²) < 4.78 is 54.0. The molecule has 1 heterocycles. The second-order valence-electron chi connectivity index (χ2n) is 7.14. The van der Waals surface area contributed by atoms with Gasteiger partial charge in [-0.05, 0) is 35.9 Å². The number of carbonyl (C=O) groups excluding carboxylic acids is 2. The summed E-state index contributed by atoms with van der Waals surface area (Å²) in [6.07, 6.45) is 1.18. The molecule has 1 aromatic heterocycles. The van der Waals surface area contributed by atoms with Crippen molar-refractivity contribution >= 4 is 21.7 Å². The van der Waals surface area contributed by atoms with Crippen molar-refractivity contribution in [2.45, 2.75) is 17.2 Å². The van der Waals surface area contributed by atoms with Crippen molar-refractivity contribution < 1.29 is 36.3 Å². The summed E-state index contributed by atoms with van der Waals surface area (Å²) in [5.74, 6) is -2.72. The first-order valence-electron chi connectivity index (χ1n) is 9.79. The first-order chi connectivity index (χ1) is 15.7. The van der Waals surface area contributed by atoms with Crippen LogP contribution in [-0.2, 0) is 31.7 Å². The molecule has 0 saturated heterocycles. The van der Waals surface area contributed by atoms with Gasteiger partial charge in [-0.25, -0.2) is 17.6 Å². The number of rotatable bonds is 9. The third-order valence-corrected chi connectivity index (χ3v) is 6.45. The lowest BCUT2D eigenvalue weighted by Crippen LogP contribution is -2.31. The Hall–Kier alpha value is -3.66. The number of hydrogen-bond donors (Lipinski definition) is 0. The summed E-state index contributed by atoms with van der Waals surface area (Å²) in [6, 6.07) is 13.5. The number of esters is 1. The standard InChI is InChI=1S/C23H22FNO7S/c1-25(13-16-8-9-20(30-2)19(24)12-16)21(26)14-32-23(27)22-17(10-11-31-22)15-33(28,29)18-6-4-3-5-7-18/h3-12H,13-15H2,1-2H3. The molecule has 0 aliphatic heterocycles. The highest BCUT2D eigenvalue weighted by atomic mass is 32.2. The number of carbonyl (C=O) groups is 2. The summed E-state index contributed by atoms with van der Waals surface area (Å²) in [4.78, 5) is 26.1. The fourth-order valence-corrected chi connectivity index (χ4v) is 4.39. The predicted molar refractivity (Wildman–Crippen MR) is 116 cm³/mol. The van der Waals surface area contributed by atoms with Gasteiger partial charge in [0.25, 0.3) is 5.91 Å². The monoisotopic (exact) mass is 475 g/mol. The average molecular weight is 475 g/mol. The maximum Gasteiger partial charge on any atom is 0.375 e. The molecule has 0 bridgehead atoms. The van der Waals surface area contributed by atoms with Gasteiger partial charge in [-0.15, -0.1) is 0 Å². The van der Waals surface area contributed by atoms with Crippen LogP contribution in [0.3, 0.4) is 0 Å². The predicted octanol–water partition coefficient (Wildman–Crippen LogP) is 3.22. The van der Waals surface area contributed by atoms with Crippen LogP contribution < -0.4 is 4.74 Å². The molecule has 0 aliphatic rings. The van der Waals surface area contributed by atoms with E-state index in [1.54, 1.807) is 24.3 Å². The van der Waals surface area contributed by atoms with E-state index >= 15 is 0 Å². The average Bonchev–Trinajstić information content (AvgIpc) is 3.25. The first-order valence-corrected chi connectivity index (χ1v) is 11.4. The summed E-state index contributed by atoms with van der Waals surface area (Å²) in [7, 11) is -0.884. The maximum absolute atomic E-state index is 13.8. The Morgan fingerprint density at radius 1 is 1.09 bits per heavy atom. The molecule has 2 aromatic carbocycles. The molecular weight excluding hydrogens is 453 g/mol. The van der Waals surface area contributed by atoms with E-state index in [0.717, 1.165) is 0 Å². The molecule has 0 aliphatic carbocycles. The van der Waals surface area contributed by atoms with Crippen molar-refractivity contribution in [2.75, 3.05) is 20.8 Å². The van der Waals surface area contributed by atoms with Gasteiger partial charge in [0.2, 0.25) is 5.76 Å². The van der Waals surface area contributed by atoms with E-state index in [2.05, 4.69) is 0 Å². The van der Waals surface area contributed by atoms with Crippen LogP contribution in [0.4, 0.5) is 4.39 Å². The Morgan fingerprint density at radius 3 is 2.48 bits per heavy atom. The van der Waals surface area contributed by atoms with E-state index in [0.29, 0.717) is 5.56 Å². The Labute approximate surface area is 190 Å². The van der Waals surface area contributed by atoms with Crippen molar-refractivity contribution in [2.24, 2.45) is 0 Å². The zero-order chi connectivity index (χ0) is 24.0. The molecule has 3 aromatic rings. The molecule has 10 heteroatoms. The van der Waals surface area contributed by atoms with Crippen molar-refractivity contribution in [3.8, 4) is 5.75 Å². The molecule has 0 spiro atoms. The number of likely N-dealkylation sites (N-methyl/N-ethyl adjacent to an activating group) is 1. The van der Waals surface area contributed by atoms with Crippen LogP contribution in [-0.4, -0.2) is 46.0 Å². The highest BCUT2D eigenvalue weighted by Gasteiger charge is 2.24. The number of hydrogen-bond acceptors (Lipinski definition) is 7. The molecule has 8 nitrogen and oxygen atoms in total. The molecule has 0 fully saturated rings. The van der Waals surface area contributed by atoms with Crippen LogP contribution in [0.25, 0.3) is 0 Å². The molecule has 0 saturated carbocycles. The second-order valence-corrected chi connectivity index (χ2v) is 9.13. The van der Waals surface area contributed by atoms with Gasteiger partial charge < -0.3 is 18.8 Å². The summed E-state index contributed by atoms with van der Waals surface area (Å²) in [6.45, 7) is -0.516. The van der Waals surface area contributed by atoms with Gasteiger partial charge in [-0.2, -0.15) is 0 Å².